The van der Waals surface area contributed by atoms with Gasteiger partial charge in [-0.3, -0.25) is 0 Å². The van der Waals surface area contributed by atoms with Crippen molar-refractivity contribution >= 4 is 9.17 Å². The van der Waals surface area contributed by atoms with Crippen molar-refractivity contribution in [3.8, 4) is 0 Å². The summed E-state index contributed by atoms with van der Waals surface area (Å²) >= 11 is 0. The first-order chi connectivity index (χ1) is 18.2. The molecule has 0 amide bonds. The van der Waals surface area contributed by atoms with Crippen LogP contribution in [0.4, 0.5) is 0 Å². The van der Waals surface area contributed by atoms with Crippen molar-refractivity contribution in [3.05, 3.63) is 0 Å². The molecule has 0 unspecified atom stereocenters. The highest BCUT2D eigenvalue weighted by Crippen LogP contribution is 2.17. The summed E-state index contributed by atoms with van der Waals surface area (Å²) in [6, 6.07) is 0. The molecule has 0 heterocycles. The number of hydrogen-bond acceptors (Lipinski definition) is 3. The minimum absolute atomic E-state index is 1.35. The molecular formula is C32H72N2O3Si. The van der Waals surface area contributed by atoms with Crippen molar-refractivity contribution in [2.75, 3.05) is 52.4 Å². The summed E-state index contributed by atoms with van der Waals surface area (Å²) < 4.78 is 11.4. The van der Waals surface area contributed by atoms with E-state index < -0.39 is 9.17 Å². The predicted molar refractivity (Wildman–Crippen MR) is 165 cm³/mol. The monoisotopic (exact) mass is 561 g/mol. The van der Waals surface area contributed by atoms with E-state index in [1.807, 2.05) is 0 Å². The van der Waals surface area contributed by atoms with E-state index >= 15 is 0 Å². The van der Waals surface area contributed by atoms with Crippen molar-refractivity contribution in [2.24, 2.45) is 0 Å². The highest BCUT2D eigenvalue weighted by molar-refractivity contribution is 6.17. The van der Waals surface area contributed by atoms with Gasteiger partial charge in [0.1, 0.15) is 0 Å². The fraction of sp³-hybridized carbons (Fsp3) is 1.00. The van der Waals surface area contributed by atoms with Crippen molar-refractivity contribution in [1.29, 1.82) is 0 Å². The number of unbranched alkanes of at least 4 members (excludes halogenated alkanes) is 8. The molecule has 0 aliphatic carbocycles. The Morgan fingerprint density at radius 3 is 0.553 bits per heavy atom. The maximum atomic E-state index is 8.52. The molecule has 0 aliphatic heterocycles. The van der Waals surface area contributed by atoms with Crippen LogP contribution in [-0.4, -0.2) is 70.5 Å². The lowest BCUT2D eigenvalue weighted by Crippen LogP contribution is -2.50. The van der Waals surface area contributed by atoms with Crippen LogP contribution < -0.4 is 9.59 Å². The molecule has 0 aromatic carbocycles. The Labute approximate surface area is 242 Å². The summed E-state index contributed by atoms with van der Waals surface area (Å²) in [6.07, 6.45) is 22.1. The molecule has 0 radical (unpaired) electrons. The second-order valence-electron chi connectivity index (χ2n) is 11.6. The van der Waals surface area contributed by atoms with Gasteiger partial charge in [0.25, 0.3) is 0 Å². The summed E-state index contributed by atoms with van der Waals surface area (Å²) in [4.78, 5) is 17.0. The molecule has 0 bridgehead atoms. The fourth-order valence-corrected chi connectivity index (χ4v) is 5.29. The van der Waals surface area contributed by atoms with Gasteiger partial charge in [-0.2, -0.15) is 0 Å². The molecule has 0 aromatic heterocycles. The SMILES string of the molecule is CCCC[N+](CCCC)(CCCC)CCCC.CCCC[N+](CCCC)(CCCC)CCCC.O=[Si]([O-])[O-]. The van der Waals surface area contributed by atoms with E-state index in [1.165, 1.54) is 164 Å². The van der Waals surface area contributed by atoms with E-state index in [9.17, 15) is 0 Å². The number of hydrogen-bond donors (Lipinski definition) is 0. The summed E-state index contributed by atoms with van der Waals surface area (Å²) in [5.41, 5.74) is 0. The minimum atomic E-state index is -3.63. The number of nitrogens with zero attached hydrogens (tertiary/aromatic N) is 2. The molecule has 0 saturated carbocycles. The highest BCUT2D eigenvalue weighted by Gasteiger charge is 2.25. The average molecular weight is 561 g/mol. The molecule has 0 atom stereocenters. The van der Waals surface area contributed by atoms with Gasteiger partial charge < -0.3 is 23.0 Å². The molecule has 0 N–H and O–H groups in total. The molecule has 232 valence electrons. The average Bonchev–Trinajstić information content (AvgIpc) is 2.91. The lowest BCUT2D eigenvalue weighted by Gasteiger charge is -2.39. The third-order valence-electron chi connectivity index (χ3n) is 7.89. The third kappa shape index (κ3) is 27.1. The summed E-state index contributed by atoms with van der Waals surface area (Å²) in [6.45, 7) is 30.0. The zero-order valence-corrected chi connectivity index (χ0v) is 28.6. The Morgan fingerprint density at radius 2 is 0.474 bits per heavy atom. The summed E-state index contributed by atoms with van der Waals surface area (Å²) in [5.74, 6) is 0. The molecule has 0 aromatic rings. The van der Waals surface area contributed by atoms with Crippen LogP contribution in [0.3, 0.4) is 0 Å². The standard InChI is InChI=1S/2C16H36N.O3Si/c2*1-5-9-13-17(14-10-6-2,15-11-7-3)16-12-8-4;1-4(2)3/h2*5-16H2,1-4H3;/q2*+1;-2. The van der Waals surface area contributed by atoms with Gasteiger partial charge in [-0.15, -0.1) is 0 Å². The Bertz CT molecular complexity index is 363. The normalized spacial score (nSPS) is 11.4. The van der Waals surface area contributed by atoms with Crippen molar-refractivity contribution in [2.45, 2.75) is 158 Å². The topological polar surface area (TPSA) is 63.2 Å². The quantitative estimate of drug-likeness (QED) is 0.0932. The van der Waals surface area contributed by atoms with Crippen LogP contribution in [0.1, 0.15) is 158 Å². The molecule has 38 heavy (non-hydrogen) atoms. The van der Waals surface area contributed by atoms with Crippen LogP contribution in [0.25, 0.3) is 0 Å². The van der Waals surface area contributed by atoms with Crippen LogP contribution in [0.15, 0.2) is 0 Å². The molecule has 0 saturated heterocycles. The van der Waals surface area contributed by atoms with Gasteiger partial charge in [0.05, 0.1) is 52.4 Å². The van der Waals surface area contributed by atoms with E-state index in [4.69, 9.17) is 14.1 Å². The van der Waals surface area contributed by atoms with Crippen LogP contribution in [-0.2, 0) is 4.46 Å². The highest BCUT2D eigenvalue weighted by atomic mass is 28.3. The molecule has 5 nitrogen and oxygen atoms in total. The lowest BCUT2D eigenvalue weighted by atomic mass is 10.1. The Balaban J connectivity index is -0.000000564. The van der Waals surface area contributed by atoms with Gasteiger partial charge in [-0.1, -0.05) is 107 Å². The van der Waals surface area contributed by atoms with E-state index in [2.05, 4.69) is 55.4 Å². The summed E-state index contributed by atoms with van der Waals surface area (Å²) in [7, 11) is -3.63. The molecular weight excluding hydrogens is 488 g/mol. The van der Waals surface area contributed by atoms with Gasteiger partial charge in [-0.05, 0) is 51.4 Å². The molecule has 0 rings (SSSR count). The Kier molecular flexibility index (Phi) is 34.3. The third-order valence-corrected chi connectivity index (χ3v) is 7.89. The fourth-order valence-electron chi connectivity index (χ4n) is 5.29. The van der Waals surface area contributed by atoms with Crippen LogP contribution in [0.5, 0.6) is 0 Å². The van der Waals surface area contributed by atoms with Crippen molar-refractivity contribution < 1.29 is 23.0 Å². The maximum absolute atomic E-state index is 8.52. The van der Waals surface area contributed by atoms with E-state index in [0.717, 1.165) is 0 Å². The zero-order valence-electron chi connectivity index (χ0n) is 27.6. The lowest BCUT2D eigenvalue weighted by molar-refractivity contribution is -0.929. The molecule has 0 aliphatic rings. The van der Waals surface area contributed by atoms with Crippen LogP contribution in [0, 0.1) is 0 Å². The summed E-state index contributed by atoms with van der Waals surface area (Å²) in [5, 5.41) is 0. The first-order valence-electron chi connectivity index (χ1n) is 16.8. The van der Waals surface area contributed by atoms with Crippen molar-refractivity contribution in [1.82, 2.24) is 0 Å². The van der Waals surface area contributed by atoms with Gasteiger partial charge in [0.2, 0.25) is 0 Å². The largest absolute Gasteiger partial charge is 0.672 e. The van der Waals surface area contributed by atoms with E-state index in [1.54, 1.807) is 0 Å². The Hall–Kier alpha value is -0.463. The number of quaternary nitrogens is 2. The predicted octanol–water partition coefficient (Wildman–Crippen LogP) is 7.13. The molecule has 0 spiro atoms. The Morgan fingerprint density at radius 1 is 0.368 bits per heavy atom. The second-order valence-corrected chi connectivity index (χ2v) is 12.1. The second kappa shape index (κ2) is 31.1. The van der Waals surface area contributed by atoms with Gasteiger partial charge in [0, 0.05) is 9.17 Å². The van der Waals surface area contributed by atoms with E-state index in [0.29, 0.717) is 0 Å². The van der Waals surface area contributed by atoms with Gasteiger partial charge >= 0.3 is 0 Å². The van der Waals surface area contributed by atoms with E-state index in [-0.39, 0.29) is 0 Å². The zero-order chi connectivity index (χ0) is 29.5. The van der Waals surface area contributed by atoms with Crippen LogP contribution >= 0.6 is 0 Å². The van der Waals surface area contributed by atoms with Gasteiger partial charge in [0.15, 0.2) is 0 Å². The first kappa shape index (κ1) is 42.0. The molecule has 6 heteroatoms. The van der Waals surface area contributed by atoms with Crippen LogP contribution in [0.2, 0.25) is 0 Å². The number of rotatable bonds is 24. The first-order valence-corrected chi connectivity index (χ1v) is 18.0. The molecule has 0 fully saturated rings. The van der Waals surface area contributed by atoms with Crippen molar-refractivity contribution in [3.63, 3.8) is 0 Å². The maximum Gasteiger partial charge on any atom is 0.0786 e. The smallest absolute Gasteiger partial charge is 0.0786 e. The minimum Gasteiger partial charge on any atom is -0.672 e. The van der Waals surface area contributed by atoms with Gasteiger partial charge in [-0.25, -0.2) is 0 Å².